The second-order valence-electron chi connectivity index (χ2n) is 8.09. The van der Waals surface area contributed by atoms with Gasteiger partial charge in [-0.05, 0) is 62.4 Å². The molecule has 1 aliphatic carbocycles. The molecule has 7 heteroatoms. The fourth-order valence-electron chi connectivity index (χ4n) is 4.34. The zero-order chi connectivity index (χ0) is 22.8. The highest BCUT2D eigenvalue weighted by Crippen LogP contribution is 2.34. The van der Waals surface area contributed by atoms with Gasteiger partial charge in [0.1, 0.15) is 22.9 Å². The number of benzene rings is 2. The minimum Gasteiger partial charge on any atom is -0.494 e. The van der Waals surface area contributed by atoms with Crippen LogP contribution in [-0.2, 0) is 24.2 Å². The second kappa shape index (κ2) is 9.19. The van der Waals surface area contributed by atoms with Gasteiger partial charge in [-0.1, -0.05) is 30.3 Å². The molecular weight excluding hydrogens is 434 g/mol. The van der Waals surface area contributed by atoms with Gasteiger partial charge in [-0.15, -0.1) is 11.3 Å². The largest absolute Gasteiger partial charge is 0.494 e. The molecule has 1 N–H and O–H groups in total. The summed E-state index contributed by atoms with van der Waals surface area (Å²) in [5.74, 6) is 0.993. The first-order chi connectivity index (χ1) is 16.1. The van der Waals surface area contributed by atoms with Crippen LogP contribution in [0.3, 0.4) is 0 Å². The number of fused-ring (bicyclic) bond motifs is 3. The Hall–Kier alpha value is -3.45. The Morgan fingerprint density at radius 1 is 1.09 bits per heavy atom. The van der Waals surface area contributed by atoms with E-state index >= 15 is 0 Å². The number of aromatic nitrogens is 2. The number of hydrogen-bond donors (Lipinski definition) is 1. The van der Waals surface area contributed by atoms with Crippen LogP contribution in [0.4, 0.5) is 5.69 Å². The van der Waals surface area contributed by atoms with Gasteiger partial charge in [0.25, 0.3) is 5.56 Å². The highest BCUT2D eigenvalue weighted by molar-refractivity contribution is 7.18. The highest BCUT2D eigenvalue weighted by Gasteiger charge is 2.23. The SMILES string of the molecule is CCOc1ccc(NC(=O)Cn2c(-c3ccccc3)nc3sc4c(c3c2=O)CCCC4)cc1. The predicted octanol–water partition coefficient (Wildman–Crippen LogP) is 5.04. The van der Waals surface area contributed by atoms with E-state index in [9.17, 15) is 9.59 Å². The lowest BCUT2D eigenvalue weighted by molar-refractivity contribution is -0.116. The zero-order valence-corrected chi connectivity index (χ0v) is 19.3. The van der Waals surface area contributed by atoms with Gasteiger partial charge in [0, 0.05) is 16.1 Å². The van der Waals surface area contributed by atoms with Crippen LogP contribution in [0.25, 0.3) is 21.6 Å². The van der Waals surface area contributed by atoms with Crippen LogP contribution >= 0.6 is 11.3 Å². The van der Waals surface area contributed by atoms with E-state index in [-0.39, 0.29) is 18.0 Å². The Morgan fingerprint density at radius 2 is 1.85 bits per heavy atom. The van der Waals surface area contributed by atoms with Crippen molar-refractivity contribution >= 4 is 33.1 Å². The van der Waals surface area contributed by atoms with Gasteiger partial charge < -0.3 is 10.1 Å². The van der Waals surface area contributed by atoms with E-state index in [0.717, 1.165) is 47.4 Å². The summed E-state index contributed by atoms with van der Waals surface area (Å²) in [4.78, 5) is 33.6. The summed E-state index contributed by atoms with van der Waals surface area (Å²) >= 11 is 1.62. The van der Waals surface area contributed by atoms with Crippen molar-refractivity contribution in [1.29, 1.82) is 0 Å². The zero-order valence-electron chi connectivity index (χ0n) is 18.5. The van der Waals surface area contributed by atoms with Gasteiger partial charge in [0.15, 0.2) is 0 Å². The number of carbonyl (C=O) groups is 1. The van der Waals surface area contributed by atoms with Crippen LogP contribution in [0, 0.1) is 0 Å². The number of anilines is 1. The van der Waals surface area contributed by atoms with Crippen molar-refractivity contribution in [3.05, 3.63) is 75.4 Å². The smallest absolute Gasteiger partial charge is 0.263 e. The average Bonchev–Trinajstić information content (AvgIpc) is 3.21. The molecule has 0 fully saturated rings. The van der Waals surface area contributed by atoms with E-state index in [2.05, 4.69) is 5.32 Å². The third-order valence-corrected chi connectivity index (χ3v) is 7.04. The molecule has 2 heterocycles. The Labute approximate surface area is 195 Å². The lowest BCUT2D eigenvalue weighted by Crippen LogP contribution is -2.30. The molecule has 33 heavy (non-hydrogen) atoms. The van der Waals surface area contributed by atoms with Gasteiger partial charge in [-0.25, -0.2) is 4.98 Å². The number of ether oxygens (including phenoxy) is 1. The van der Waals surface area contributed by atoms with Crippen LogP contribution in [0.1, 0.15) is 30.2 Å². The maximum absolute atomic E-state index is 13.7. The maximum atomic E-state index is 13.7. The van der Waals surface area contributed by atoms with Crippen LogP contribution in [-0.4, -0.2) is 22.1 Å². The number of rotatable bonds is 6. The quantitative estimate of drug-likeness (QED) is 0.438. The van der Waals surface area contributed by atoms with Crippen molar-refractivity contribution in [2.45, 2.75) is 39.2 Å². The first-order valence-corrected chi connectivity index (χ1v) is 12.1. The minimum absolute atomic E-state index is 0.107. The van der Waals surface area contributed by atoms with Crippen molar-refractivity contribution in [3.8, 4) is 17.1 Å². The minimum atomic E-state index is -0.274. The molecule has 0 saturated carbocycles. The number of thiophene rings is 1. The van der Waals surface area contributed by atoms with Crippen LogP contribution in [0.5, 0.6) is 5.75 Å². The Balaban J connectivity index is 1.53. The molecule has 5 rings (SSSR count). The monoisotopic (exact) mass is 459 g/mol. The molecular formula is C26H25N3O3S. The molecule has 168 valence electrons. The fraction of sp³-hybridized carbons (Fsp3) is 0.269. The molecule has 0 bridgehead atoms. The lowest BCUT2D eigenvalue weighted by Gasteiger charge is -2.14. The molecule has 6 nitrogen and oxygen atoms in total. The van der Waals surface area contributed by atoms with Crippen molar-refractivity contribution in [1.82, 2.24) is 9.55 Å². The van der Waals surface area contributed by atoms with Crippen LogP contribution in [0.15, 0.2) is 59.4 Å². The van der Waals surface area contributed by atoms with E-state index < -0.39 is 0 Å². The summed E-state index contributed by atoms with van der Waals surface area (Å²) in [6, 6.07) is 16.8. The van der Waals surface area contributed by atoms with Crippen molar-refractivity contribution in [2.24, 2.45) is 0 Å². The summed E-state index contributed by atoms with van der Waals surface area (Å²) < 4.78 is 6.97. The molecule has 0 atom stereocenters. The van der Waals surface area contributed by atoms with Gasteiger partial charge in [0.05, 0.1) is 12.0 Å². The molecule has 4 aromatic rings. The molecule has 0 radical (unpaired) electrons. The summed E-state index contributed by atoms with van der Waals surface area (Å²) in [6.45, 7) is 2.40. The average molecular weight is 460 g/mol. The summed E-state index contributed by atoms with van der Waals surface area (Å²) in [5, 5.41) is 3.57. The van der Waals surface area contributed by atoms with E-state index in [0.29, 0.717) is 23.5 Å². The van der Waals surface area contributed by atoms with Gasteiger partial charge >= 0.3 is 0 Å². The third-order valence-electron chi connectivity index (χ3n) is 5.86. The number of nitrogens with zero attached hydrogens (tertiary/aromatic N) is 2. The maximum Gasteiger partial charge on any atom is 0.263 e. The topological polar surface area (TPSA) is 73.2 Å². The first-order valence-electron chi connectivity index (χ1n) is 11.3. The van der Waals surface area contributed by atoms with Gasteiger partial charge in [0.2, 0.25) is 5.91 Å². The molecule has 1 amide bonds. The first kappa shape index (κ1) is 21.4. The Morgan fingerprint density at radius 3 is 2.61 bits per heavy atom. The second-order valence-corrected chi connectivity index (χ2v) is 9.17. The van der Waals surface area contributed by atoms with E-state index in [1.165, 1.54) is 9.44 Å². The Kier molecular flexibility index (Phi) is 5.96. The molecule has 1 aliphatic rings. The van der Waals surface area contributed by atoms with Gasteiger partial charge in [-0.2, -0.15) is 0 Å². The number of aryl methyl sites for hydroxylation is 2. The lowest BCUT2D eigenvalue weighted by atomic mass is 9.97. The molecule has 0 saturated heterocycles. The summed E-state index contributed by atoms with van der Waals surface area (Å²) in [7, 11) is 0. The fourth-order valence-corrected chi connectivity index (χ4v) is 5.59. The van der Waals surface area contributed by atoms with Crippen LogP contribution < -0.4 is 15.6 Å². The van der Waals surface area contributed by atoms with Crippen molar-refractivity contribution < 1.29 is 9.53 Å². The highest BCUT2D eigenvalue weighted by atomic mass is 32.1. The number of carbonyl (C=O) groups excluding carboxylic acids is 1. The molecule has 0 aliphatic heterocycles. The van der Waals surface area contributed by atoms with Gasteiger partial charge in [-0.3, -0.25) is 14.2 Å². The predicted molar refractivity (Wildman–Crippen MR) is 132 cm³/mol. The summed E-state index contributed by atoms with van der Waals surface area (Å²) in [6.07, 6.45) is 4.12. The normalized spacial score (nSPS) is 13.0. The molecule has 0 spiro atoms. The van der Waals surface area contributed by atoms with Crippen molar-refractivity contribution in [3.63, 3.8) is 0 Å². The van der Waals surface area contributed by atoms with Crippen LogP contribution in [0.2, 0.25) is 0 Å². The number of nitrogens with one attached hydrogen (secondary N) is 1. The van der Waals surface area contributed by atoms with Crippen molar-refractivity contribution in [2.75, 3.05) is 11.9 Å². The molecule has 0 unspecified atom stereocenters. The van der Waals surface area contributed by atoms with E-state index in [1.54, 1.807) is 23.5 Å². The number of hydrogen-bond acceptors (Lipinski definition) is 5. The molecule has 2 aromatic heterocycles. The Bertz CT molecular complexity index is 1360. The van der Waals surface area contributed by atoms with E-state index in [4.69, 9.17) is 9.72 Å². The third kappa shape index (κ3) is 4.28. The van der Waals surface area contributed by atoms with E-state index in [1.807, 2.05) is 49.4 Å². The number of amides is 1. The summed E-state index contributed by atoms with van der Waals surface area (Å²) in [5.41, 5.74) is 2.45. The standard InChI is InChI=1S/C26H25N3O3S/c1-2-32-19-14-12-18(13-15-19)27-22(30)16-29-24(17-8-4-3-5-9-17)28-25-23(26(29)31)20-10-6-7-11-21(20)33-25/h3-5,8-9,12-15H,2,6-7,10-11,16H2,1H3,(H,27,30). The molecule has 2 aromatic carbocycles.